The van der Waals surface area contributed by atoms with Crippen molar-refractivity contribution in [1.29, 1.82) is 0 Å². The van der Waals surface area contributed by atoms with E-state index in [2.05, 4.69) is 5.32 Å². The summed E-state index contributed by atoms with van der Waals surface area (Å²) >= 11 is 5.72. The van der Waals surface area contributed by atoms with Gasteiger partial charge in [-0.05, 0) is 55.5 Å². The van der Waals surface area contributed by atoms with Gasteiger partial charge < -0.3 is 14.8 Å². The third-order valence-electron chi connectivity index (χ3n) is 6.41. The van der Waals surface area contributed by atoms with Crippen molar-refractivity contribution >= 4 is 44.8 Å². The number of amides is 3. The second-order valence-electron chi connectivity index (χ2n) is 9.40. The van der Waals surface area contributed by atoms with E-state index in [1.807, 2.05) is 6.92 Å². The van der Waals surface area contributed by atoms with Gasteiger partial charge in [0.2, 0.25) is 5.91 Å². The van der Waals surface area contributed by atoms with Crippen molar-refractivity contribution in [3.05, 3.63) is 52.6 Å². The molecule has 1 N–H and O–H groups in total. The number of imide groups is 1. The Kier molecular flexibility index (Phi) is 10.4. The number of benzene rings is 2. The van der Waals surface area contributed by atoms with E-state index >= 15 is 0 Å². The molecule has 0 aliphatic carbocycles. The number of rotatable bonds is 14. The standard InChI is InChI=1S/C28H35ClN2O7S/c1-5-7-9-18-11-13-20(30-24(32)10-8-15-29)26-25(18)27(33)31(28(26)34)21(17-39(4,35)36)19-12-14-22(37-3)23(16-19)38-6-2/h11-14,16,21H,5-10,15,17H2,1-4H3,(H,30,32)/t21-/m1/s1. The highest BCUT2D eigenvalue weighted by Gasteiger charge is 2.44. The predicted molar refractivity (Wildman–Crippen MR) is 151 cm³/mol. The number of halogens is 1. The van der Waals surface area contributed by atoms with Crippen LogP contribution in [0.5, 0.6) is 11.5 Å². The summed E-state index contributed by atoms with van der Waals surface area (Å²) in [6, 6.07) is 7.07. The Balaban J connectivity index is 2.15. The van der Waals surface area contributed by atoms with Crippen molar-refractivity contribution in [2.45, 2.75) is 52.0 Å². The number of carbonyl (C=O) groups is 3. The number of alkyl halides is 1. The van der Waals surface area contributed by atoms with Gasteiger partial charge in [0.25, 0.3) is 11.8 Å². The van der Waals surface area contributed by atoms with Crippen molar-refractivity contribution < 1.29 is 32.3 Å². The number of nitrogens with one attached hydrogen (secondary N) is 1. The fourth-order valence-electron chi connectivity index (χ4n) is 4.62. The molecular formula is C28H35ClN2O7S. The number of unbranched alkanes of at least 4 members (excludes halogenated alkanes) is 1. The minimum absolute atomic E-state index is 0.0740. The topological polar surface area (TPSA) is 119 Å². The molecule has 2 aromatic carbocycles. The number of anilines is 1. The summed E-state index contributed by atoms with van der Waals surface area (Å²) in [6.45, 7) is 4.15. The molecule has 11 heteroatoms. The fourth-order valence-corrected chi connectivity index (χ4v) is 5.67. The van der Waals surface area contributed by atoms with E-state index in [-0.39, 0.29) is 29.1 Å². The molecule has 1 aliphatic rings. The van der Waals surface area contributed by atoms with Crippen LogP contribution in [0.4, 0.5) is 5.69 Å². The summed E-state index contributed by atoms with van der Waals surface area (Å²) in [5.41, 5.74) is 1.57. The minimum atomic E-state index is -3.65. The zero-order valence-electron chi connectivity index (χ0n) is 22.7. The van der Waals surface area contributed by atoms with Crippen molar-refractivity contribution in [2.75, 3.05) is 36.9 Å². The molecule has 0 radical (unpaired) electrons. The molecule has 3 amide bonds. The maximum absolute atomic E-state index is 14.0. The zero-order valence-corrected chi connectivity index (χ0v) is 24.3. The van der Waals surface area contributed by atoms with Crippen LogP contribution in [0.2, 0.25) is 0 Å². The first-order valence-corrected chi connectivity index (χ1v) is 15.5. The van der Waals surface area contributed by atoms with Crippen LogP contribution < -0.4 is 14.8 Å². The molecule has 2 aromatic rings. The average molecular weight is 579 g/mol. The van der Waals surface area contributed by atoms with Gasteiger partial charge in [0.1, 0.15) is 9.84 Å². The van der Waals surface area contributed by atoms with Crippen molar-refractivity contribution in [3.8, 4) is 11.5 Å². The number of fused-ring (bicyclic) bond motifs is 1. The molecule has 0 spiro atoms. The third-order valence-corrected chi connectivity index (χ3v) is 7.60. The smallest absolute Gasteiger partial charge is 0.264 e. The van der Waals surface area contributed by atoms with Crippen LogP contribution in [0.1, 0.15) is 77.4 Å². The number of nitrogens with zero attached hydrogens (tertiary/aromatic N) is 1. The zero-order chi connectivity index (χ0) is 28.7. The lowest BCUT2D eigenvalue weighted by Crippen LogP contribution is -2.38. The lowest BCUT2D eigenvalue weighted by atomic mass is 9.97. The fraction of sp³-hybridized carbons (Fsp3) is 0.464. The highest BCUT2D eigenvalue weighted by Crippen LogP contribution is 2.40. The van der Waals surface area contributed by atoms with Crippen molar-refractivity contribution in [3.63, 3.8) is 0 Å². The quantitative estimate of drug-likeness (QED) is 0.253. The summed E-state index contributed by atoms with van der Waals surface area (Å²) in [4.78, 5) is 41.4. The number of hydrogen-bond acceptors (Lipinski definition) is 7. The van der Waals surface area contributed by atoms with E-state index in [0.29, 0.717) is 48.0 Å². The second kappa shape index (κ2) is 13.3. The number of carbonyl (C=O) groups excluding carboxylic acids is 3. The molecule has 0 bridgehead atoms. The van der Waals surface area contributed by atoms with E-state index in [9.17, 15) is 22.8 Å². The van der Waals surface area contributed by atoms with E-state index < -0.39 is 33.4 Å². The Hall–Kier alpha value is -3.11. The molecule has 0 saturated heterocycles. The molecule has 0 saturated carbocycles. The van der Waals surface area contributed by atoms with Crippen LogP contribution in [0.3, 0.4) is 0 Å². The first-order valence-electron chi connectivity index (χ1n) is 12.9. The van der Waals surface area contributed by atoms with E-state index in [0.717, 1.165) is 24.0 Å². The summed E-state index contributed by atoms with van der Waals surface area (Å²) in [7, 11) is -2.17. The molecule has 1 aliphatic heterocycles. The van der Waals surface area contributed by atoms with Crippen LogP contribution in [0.15, 0.2) is 30.3 Å². The molecule has 39 heavy (non-hydrogen) atoms. The molecule has 1 atom stereocenters. The van der Waals surface area contributed by atoms with Gasteiger partial charge in [-0.1, -0.05) is 25.5 Å². The Bertz CT molecular complexity index is 1340. The molecule has 9 nitrogen and oxygen atoms in total. The van der Waals surface area contributed by atoms with E-state index in [1.165, 1.54) is 7.11 Å². The summed E-state index contributed by atoms with van der Waals surface area (Å²) in [5, 5.41) is 2.75. The summed E-state index contributed by atoms with van der Waals surface area (Å²) < 4.78 is 36.1. The summed E-state index contributed by atoms with van der Waals surface area (Å²) in [5.74, 6) is -0.969. The van der Waals surface area contributed by atoms with Crippen molar-refractivity contribution in [1.82, 2.24) is 4.90 Å². The van der Waals surface area contributed by atoms with Crippen LogP contribution in [0.25, 0.3) is 0 Å². The van der Waals surface area contributed by atoms with Gasteiger partial charge in [-0.2, -0.15) is 0 Å². The maximum Gasteiger partial charge on any atom is 0.264 e. The Morgan fingerprint density at radius 2 is 1.77 bits per heavy atom. The summed E-state index contributed by atoms with van der Waals surface area (Å²) in [6.07, 6.45) is 3.89. The normalized spacial score (nSPS) is 13.8. The predicted octanol–water partition coefficient (Wildman–Crippen LogP) is 4.78. The number of sulfone groups is 1. The van der Waals surface area contributed by atoms with Gasteiger partial charge in [0.05, 0.1) is 42.3 Å². The molecule has 0 fully saturated rings. The van der Waals surface area contributed by atoms with Gasteiger partial charge in [0.15, 0.2) is 11.5 Å². The largest absolute Gasteiger partial charge is 0.493 e. The molecule has 212 valence electrons. The first-order chi connectivity index (χ1) is 18.6. The molecule has 3 rings (SSSR count). The van der Waals surface area contributed by atoms with Crippen LogP contribution in [0, 0.1) is 0 Å². The Labute approximate surface area is 234 Å². The highest BCUT2D eigenvalue weighted by atomic mass is 35.5. The van der Waals surface area contributed by atoms with Gasteiger partial charge in [-0.25, -0.2) is 8.42 Å². The van der Waals surface area contributed by atoms with Crippen LogP contribution >= 0.6 is 11.6 Å². The Morgan fingerprint density at radius 1 is 1.05 bits per heavy atom. The first kappa shape index (κ1) is 30.4. The lowest BCUT2D eigenvalue weighted by molar-refractivity contribution is -0.116. The van der Waals surface area contributed by atoms with Crippen molar-refractivity contribution in [2.24, 2.45) is 0 Å². The SMILES string of the molecule is CCCCc1ccc(NC(=O)CCCCl)c2c1C(=O)N([C@H](CS(C)(=O)=O)c1ccc(OC)c(OCC)c1)C2=O. The maximum atomic E-state index is 14.0. The number of aryl methyl sites for hydroxylation is 1. The van der Waals surface area contributed by atoms with E-state index in [4.69, 9.17) is 21.1 Å². The van der Waals surface area contributed by atoms with Crippen LogP contribution in [-0.2, 0) is 21.1 Å². The number of hydrogen-bond donors (Lipinski definition) is 1. The lowest BCUT2D eigenvalue weighted by Gasteiger charge is -2.27. The van der Waals surface area contributed by atoms with Gasteiger partial charge in [-0.15, -0.1) is 11.6 Å². The molecule has 1 heterocycles. The molecular weight excluding hydrogens is 544 g/mol. The number of methoxy groups -OCH3 is 1. The highest BCUT2D eigenvalue weighted by molar-refractivity contribution is 7.90. The Morgan fingerprint density at radius 3 is 2.38 bits per heavy atom. The van der Waals surface area contributed by atoms with Crippen LogP contribution in [-0.4, -0.2) is 62.6 Å². The minimum Gasteiger partial charge on any atom is -0.493 e. The number of ether oxygens (including phenoxy) is 2. The van der Waals surface area contributed by atoms with Gasteiger partial charge in [0, 0.05) is 18.6 Å². The molecule has 0 aromatic heterocycles. The van der Waals surface area contributed by atoms with Gasteiger partial charge >= 0.3 is 0 Å². The molecule has 0 unspecified atom stereocenters. The monoisotopic (exact) mass is 578 g/mol. The van der Waals surface area contributed by atoms with E-state index in [1.54, 1.807) is 37.3 Å². The van der Waals surface area contributed by atoms with Gasteiger partial charge in [-0.3, -0.25) is 19.3 Å². The third kappa shape index (κ3) is 7.10. The average Bonchev–Trinajstić information content (AvgIpc) is 3.15. The second-order valence-corrected chi connectivity index (χ2v) is 12.0.